The van der Waals surface area contributed by atoms with Gasteiger partial charge in [0.25, 0.3) is 0 Å². The molecule has 0 spiro atoms. The summed E-state index contributed by atoms with van der Waals surface area (Å²) in [5, 5.41) is 12.2. The summed E-state index contributed by atoms with van der Waals surface area (Å²) in [6.07, 6.45) is 0.678. The Labute approximate surface area is 119 Å². The van der Waals surface area contributed by atoms with Crippen molar-refractivity contribution in [3.63, 3.8) is 0 Å². The van der Waals surface area contributed by atoms with Gasteiger partial charge in [-0.1, -0.05) is 35.4 Å². The summed E-state index contributed by atoms with van der Waals surface area (Å²) in [5.74, 6) is -0.771. The number of aryl methyl sites for hydroxylation is 3. The van der Waals surface area contributed by atoms with E-state index in [0.717, 1.165) is 22.5 Å². The average Bonchev–Trinajstić information content (AvgIpc) is 2.41. The Hall–Kier alpha value is -2.29. The number of aliphatic carboxylic acids is 1. The van der Waals surface area contributed by atoms with Crippen LogP contribution in [0, 0.1) is 13.8 Å². The molecule has 0 bridgehead atoms. The van der Waals surface area contributed by atoms with Crippen molar-refractivity contribution in [1.82, 2.24) is 0 Å². The second-order valence-corrected chi connectivity index (χ2v) is 5.05. The highest BCUT2D eigenvalue weighted by Gasteiger charge is 2.06. The first-order valence-corrected chi connectivity index (χ1v) is 6.69. The lowest BCUT2D eigenvalue weighted by Crippen LogP contribution is -2.01. The van der Waals surface area contributed by atoms with E-state index in [1.807, 2.05) is 56.3 Å². The summed E-state index contributed by atoms with van der Waals surface area (Å²) >= 11 is 0. The van der Waals surface area contributed by atoms with Crippen molar-refractivity contribution in [2.24, 2.45) is 0 Å². The molecular weight excluding hydrogens is 250 g/mol. The highest BCUT2D eigenvalue weighted by atomic mass is 16.4. The molecule has 0 aliphatic rings. The van der Waals surface area contributed by atoms with Crippen molar-refractivity contribution in [2.45, 2.75) is 26.7 Å². The number of hydrogen-bond donors (Lipinski definition) is 2. The number of rotatable bonds is 5. The van der Waals surface area contributed by atoms with Gasteiger partial charge in [-0.25, -0.2) is 0 Å². The highest BCUT2D eigenvalue weighted by molar-refractivity contribution is 5.69. The third kappa shape index (κ3) is 3.85. The molecule has 104 valence electrons. The normalized spacial score (nSPS) is 10.3. The van der Waals surface area contributed by atoms with Gasteiger partial charge in [0.2, 0.25) is 0 Å². The number of nitrogens with one attached hydrogen (secondary N) is 1. The summed E-state index contributed by atoms with van der Waals surface area (Å²) in [6, 6.07) is 14.2. The number of hydrogen-bond acceptors (Lipinski definition) is 2. The minimum atomic E-state index is -0.771. The summed E-state index contributed by atoms with van der Waals surface area (Å²) < 4.78 is 0. The predicted octanol–water partition coefficient (Wildman–Crippen LogP) is 4.06. The van der Waals surface area contributed by atoms with E-state index >= 15 is 0 Å². The largest absolute Gasteiger partial charge is 0.481 e. The standard InChI is InChI=1S/C17H19NO2/c1-12-3-7-15(8-4-12)18-16-9-5-13(2)11-14(16)6-10-17(19)20/h3-5,7-9,11,18H,6,10H2,1-2H3,(H,19,20). The van der Waals surface area contributed by atoms with Gasteiger partial charge in [-0.05, 0) is 44.0 Å². The molecule has 0 radical (unpaired) electrons. The molecule has 0 atom stereocenters. The average molecular weight is 269 g/mol. The van der Waals surface area contributed by atoms with Gasteiger partial charge in [-0.2, -0.15) is 0 Å². The quantitative estimate of drug-likeness (QED) is 0.860. The van der Waals surface area contributed by atoms with Crippen LogP contribution < -0.4 is 5.32 Å². The molecular formula is C17H19NO2. The van der Waals surface area contributed by atoms with Crippen LogP contribution in [0.4, 0.5) is 11.4 Å². The minimum Gasteiger partial charge on any atom is -0.481 e. The van der Waals surface area contributed by atoms with E-state index in [0.29, 0.717) is 6.42 Å². The van der Waals surface area contributed by atoms with E-state index in [1.165, 1.54) is 5.56 Å². The van der Waals surface area contributed by atoms with Crippen molar-refractivity contribution in [3.05, 3.63) is 59.2 Å². The first-order valence-electron chi connectivity index (χ1n) is 6.69. The topological polar surface area (TPSA) is 49.3 Å². The van der Waals surface area contributed by atoms with E-state index in [4.69, 9.17) is 5.11 Å². The first kappa shape index (κ1) is 14.1. The monoisotopic (exact) mass is 269 g/mol. The molecule has 3 heteroatoms. The van der Waals surface area contributed by atoms with E-state index in [9.17, 15) is 4.79 Å². The predicted molar refractivity (Wildman–Crippen MR) is 81.6 cm³/mol. The lowest BCUT2D eigenvalue weighted by molar-refractivity contribution is -0.136. The second-order valence-electron chi connectivity index (χ2n) is 5.05. The highest BCUT2D eigenvalue weighted by Crippen LogP contribution is 2.23. The molecule has 2 aromatic rings. The van der Waals surface area contributed by atoms with Crippen LogP contribution in [-0.2, 0) is 11.2 Å². The third-order valence-corrected chi connectivity index (χ3v) is 3.20. The Morgan fingerprint density at radius 1 is 1.05 bits per heavy atom. The van der Waals surface area contributed by atoms with Crippen LogP contribution in [-0.4, -0.2) is 11.1 Å². The number of carbonyl (C=O) groups is 1. The maximum absolute atomic E-state index is 10.7. The fraction of sp³-hybridized carbons (Fsp3) is 0.235. The number of carboxylic acids is 1. The Morgan fingerprint density at radius 2 is 1.70 bits per heavy atom. The molecule has 0 aliphatic heterocycles. The van der Waals surface area contributed by atoms with Gasteiger partial charge in [0.1, 0.15) is 0 Å². The van der Waals surface area contributed by atoms with Crippen LogP contribution in [0.5, 0.6) is 0 Å². The summed E-state index contributed by atoms with van der Waals surface area (Å²) in [5.41, 5.74) is 5.37. The maximum Gasteiger partial charge on any atom is 0.303 e. The summed E-state index contributed by atoms with van der Waals surface area (Å²) in [7, 11) is 0. The van der Waals surface area contributed by atoms with Crippen LogP contribution in [0.25, 0.3) is 0 Å². The molecule has 0 saturated heterocycles. The molecule has 2 aromatic carbocycles. The van der Waals surface area contributed by atoms with Gasteiger partial charge in [0.05, 0.1) is 0 Å². The van der Waals surface area contributed by atoms with Crippen LogP contribution in [0.15, 0.2) is 42.5 Å². The molecule has 0 fully saturated rings. The molecule has 0 aliphatic carbocycles. The minimum absolute atomic E-state index is 0.145. The number of anilines is 2. The van der Waals surface area contributed by atoms with Gasteiger partial charge in [0.15, 0.2) is 0 Å². The summed E-state index contributed by atoms with van der Waals surface area (Å²) in [4.78, 5) is 10.7. The lowest BCUT2D eigenvalue weighted by atomic mass is 10.0. The molecule has 0 amide bonds. The Kier molecular flexibility index (Phi) is 4.41. The molecule has 0 aromatic heterocycles. The molecule has 2 rings (SSSR count). The number of benzene rings is 2. The van der Waals surface area contributed by atoms with E-state index < -0.39 is 5.97 Å². The fourth-order valence-electron chi connectivity index (χ4n) is 2.09. The molecule has 0 unspecified atom stereocenters. The third-order valence-electron chi connectivity index (χ3n) is 3.20. The van der Waals surface area contributed by atoms with E-state index in [1.54, 1.807) is 0 Å². The Balaban J connectivity index is 2.21. The van der Waals surface area contributed by atoms with Crippen molar-refractivity contribution < 1.29 is 9.90 Å². The molecule has 0 heterocycles. The van der Waals surface area contributed by atoms with Gasteiger partial charge in [-0.3, -0.25) is 4.79 Å². The van der Waals surface area contributed by atoms with Crippen molar-refractivity contribution >= 4 is 17.3 Å². The zero-order valence-corrected chi connectivity index (χ0v) is 11.8. The van der Waals surface area contributed by atoms with Crippen molar-refractivity contribution in [3.8, 4) is 0 Å². The molecule has 0 saturated carbocycles. The van der Waals surface area contributed by atoms with E-state index in [-0.39, 0.29) is 6.42 Å². The number of carboxylic acid groups (broad SMARTS) is 1. The van der Waals surface area contributed by atoms with Gasteiger partial charge in [0, 0.05) is 17.8 Å². The van der Waals surface area contributed by atoms with Gasteiger partial charge in [-0.15, -0.1) is 0 Å². The molecule has 2 N–H and O–H groups in total. The van der Waals surface area contributed by atoms with Crippen LogP contribution in [0.1, 0.15) is 23.1 Å². The zero-order chi connectivity index (χ0) is 14.5. The van der Waals surface area contributed by atoms with Gasteiger partial charge < -0.3 is 10.4 Å². The SMILES string of the molecule is Cc1ccc(Nc2ccc(C)cc2CCC(=O)O)cc1. The lowest BCUT2D eigenvalue weighted by Gasteiger charge is -2.13. The second kappa shape index (κ2) is 6.24. The van der Waals surface area contributed by atoms with Crippen molar-refractivity contribution in [1.29, 1.82) is 0 Å². The smallest absolute Gasteiger partial charge is 0.303 e. The molecule has 3 nitrogen and oxygen atoms in total. The van der Waals surface area contributed by atoms with E-state index in [2.05, 4.69) is 5.32 Å². The van der Waals surface area contributed by atoms with Gasteiger partial charge >= 0.3 is 5.97 Å². The van der Waals surface area contributed by atoms with Crippen LogP contribution >= 0.6 is 0 Å². The Bertz CT molecular complexity index is 603. The van der Waals surface area contributed by atoms with Crippen LogP contribution in [0.3, 0.4) is 0 Å². The van der Waals surface area contributed by atoms with Crippen LogP contribution in [0.2, 0.25) is 0 Å². The van der Waals surface area contributed by atoms with Crippen molar-refractivity contribution in [2.75, 3.05) is 5.32 Å². The Morgan fingerprint density at radius 3 is 2.35 bits per heavy atom. The summed E-state index contributed by atoms with van der Waals surface area (Å²) in [6.45, 7) is 4.06. The fourth-order valence-corrected chi connectivity index (χ4v) is 2.09. The molecule has 20 heavy (non-hydrogen) atoms. The zero-order valence-electron chi connectivity index (χ0n) is 11.8. The first-order chi connectivity index (χ1) is 9.54. The maximum atomic E-state index is 10.7.